The van der Waals surface area contributed by atoms with Crippen LogP contribution in [0.15, 0.2) is 24.3 Å². The number of aliphatic hydroxyl groups is 1. The van der Waals surface area contributed by atoms with Crippen LogP contribution in [-0.4, -0.2) is 41.7 Å². The van der Waals surface area contributed by atoms with Crippen molar-refractivity contribution in [3.05, 3.63) is 29.8 Å². The van der Waals surface area contributed by atoms with E-state index in [1.807, 2.05) is 19.1 Å². The zero-order chi connectivity index (χ0) is 13.0. The number of carbonyl (C=O) groups is 1. The van der Waals surface area contributed by atoms with E-state index < -0.39 is 0 Å². The maximum absolute atomic E-state index is 12.2. The fraction of sp³-hybridized carbons (Fsp3) is 0.500. The van der Waals surface area contributed by atoms with Crippen LogP contribution >= 0.6 is 0 Å². The van der Waals surface area contributed by atoms with Gasteiger partial charge in [-0.15, -0.1) is 0 Å². The topological polar surface area (TPSA) is 49.8 Å². The lowest BCUT2D eigenvalue weighted by Crippen LogP contribution is -2.29. The van der Waals surface area contributed by atoms with Crippen molar-refractivity contribution in [2.75, 3.05) is 19.7 Å². The van der Waals surface area contributed by atoms with Gasteiger partial charge in [0.05, 0.1) is 12.7 Å². The van der Waals surface area contributed by atoms with Gasteiger partial charge in [-0.25, -0.2) is 0 Å². The Balaban J connectivity index is 2.05. The molecule has 1 atom stereocenters. The van der Waals surface area contributed by atoms with Gasteiger partial charge >= 0.3 is 0 Å². The molecule has 0 saturated carbocycles. The summed E-state index contributed by atoms with van der Waals surface area (Å²) in [6.07, 6.45) is 1.22. The summed E-state index contributed by atoms with van der Waals surface area (Å²) in [5.74, 6) is 0.691. The Labute approximate surface area is 107 Å². The quantitative estimate of drug-likeness (QED) is 0.883. The molecule has 0 aliphatic carbocycles. The molecule has 18 heavy (non-hydrogen) atoms. The smallest absolute Gasteiger partial charge is 0.254 e. The molecule has 1 saturated heterocycles. The molecule has 1 N–H and O–H groups in total. The molecule has 2 rings (SSSR count). The molecule has 1 amide bonds. The molecule has 0 bridgehead atoms. The van der Waals surface area contributed by atoms with Gasteiger partial charge in [-0.05, 0) is 31.0 Å². The Morgan fingerprint density at radius 2 is 2.39 bits per heavy atom. The van der Waals surface area contributed by atoms with E-state index in [9.17, 15) is 9.90 Å². The Kier molecular flexibility index (Phi) is 4.20. The highest BCUT2D eigenvalue weighted by Gasteiger charge is 2.25. The van der Waals surface area contributed by atoms with Crippen molar-refractivity contribution in [3.63, 3.8) is 0 Å². The summed E-state index contributed by atoms with van der Waals surface area (Å²) in [6.45, 7) is 3.75. The van der Waals surface area contributed by atoms with E-state index in [2.05, 4.69) is 0 Å². The van der Waals surface area contributed by atoms with E-state index in [1.165, 1.54) is 0 Å². The third-order valence-corrected chi connectivity index (χ3v) is 3.00. The second kappa shape index (κ2) is 5.87. The number of ether oxygens (including phenoxy) is 1. The van der Waals surface area contributed by atoms with E-state index in [0.29, 0.717) is 31.7 Å². The van der Waals surface area contributed by atoms with Crippen LogP contribution < -0.4 is 4.74 Å². The molecule has 1 aromatic carbocycles. The lowest BCUT2D eigenvalue weighted by atomic mass is 10.2. The first-order chi connectivity index (χ1) is 8.70. The van der Waals surface area contributed by atoms with Gasteiger partial charge in [0.1, 0.15) is 5.75 Å². The summed E-state index contributed by atoms with van der Waals surface area (Å²) in [5.41, 5.74) is 0.623. The molecule has 1 aliphatic rings. The normalized spacial score (nSPS) is 19.0. The SMILES string of the molecule is CCCOc1cccc(C(=O)N2CCC(O)C2)c1. The monoisotopic (exact) mass is 249 g/mol. The largest absolute Gasteiger partial charge is 0.494 e. The van der Waals surface area contributed by atoms with Gasteiger partial charge in [0, 0.05) is 18.7 Å². The zero-order valence-corrected chi connectivity index (χ0v) is 10.6. The minimum absolute atomic E-state index is 0.0338. The predicted octanol–water partition coefficient (Wildman–Crippen LogP) is 1.68. The number of hydrogen-bond donors (Lipinski definition) is 1. The molecule has 98 valence electrons. The van der Waals surface area contributed by atoms with Crippen LogP contribution in [0.5, 0.6) is 5.75 Å². The summed E-state index contributed by atoms with van der Waals surface area (Å²) in [5, 5.41) is 9.45. The number of likely N-dealkylation sites (tertiary alicyclic amines) is 1. The van der Waals surface area contributed by atoms with Crippen LogP contribution in [-0.2, 0) is 0 Å². The standard InChI is InChI=1S/C14H19NO3/c1-2-8-18-13-5-3-4-11(9-13)14(17)15-7-6-12(16)10-15/h3-5,9,12,16H,2,6-8,10H2,1H3. The lowest BCUT2D eigenvalue weighted by molar-refractivity contribution is 0.0764. The van der Waals surface area contributed by atoms with Crippen molar-refractivity contribution in [2.45, 2.75) is 25.9 Å². The Bertz CT molecular complexity index is 419. The fourth-order valence-electron chi connectivity index (χ4n) is 2.05. The minimum atomic E-state index is -0.381. The average molecular weight is 249 g/mol. The maximum atomic E-state index is 12.2. The molecule has 0 spiro atoms. The van der Waals surface area contributed by atoms with Crippen molar-refractivity contribution >= 4 is 5.91 Å². The van der Waals surface area contributed by atoms with E-state index in [-0.39, 0.29) is 12.0 Å². The molecule has 1 unspecified atom stereocenters. The highest BCUT2D eigenvalue weighted by atomic mass is 16.5. The van der Waals surface area contributed by atoms with Crippen LogP contribution in [0.4, 0.5) is 0 Å². The van der Waals surface area contributed by atoms with Crippen LogP contribution in [0.1, 0.15) is 30.1 Å². The van der Waals surface area contributed by atoms with Crippen molar-refractivity contribution in [1.29, 1.82) is 0 Å². The van der Waals surface area contributed by atoms with Gasteiger partial charge < -0.3 is 14.7 Å². The van der Waals surface area contributed by atoms with Gasteiger partial charge in [-0.2, -0.15) is 0 Å². The number of β-amino-alcohol motifs (C(OH)–C–C–N with tert-alkyl or cyclic N) is 1. The Morgan fingerprint density at radius 3 is 3.06 bits per heavy atom. The number of aliphatic hydroxyl groups excluding tert-OH is 1. The zero-order valence-electron chi connectivity index (χ0n) is 10.6. The van der Waals surface area contributed by atoms with Crippen LogP contribution in [0.2, 0.25) is 0 Å². The first kappa shape index (κ1) is 12.9. The molecule has 0 radical (unpaired) electrons. The minimum Gasteiger partial charge on any atom is -0.494 e. The second-order valence-electron chi connectivity index (χ2n) is 4.57. The van der Waals surface area contributed by atoms with Crippen molar-refractivity contribution in [1.82, 2.24) is 4.90 Å². The highest BCUT2D eigenvalue weighted by molar-refractivity contribution is 5.94. The molecule has 1 fully saturated rings. The van der Waals surface area contributed by atoms with Gasteiger partial charge in [-0.3, -0.25) is 4.79 Å². The summed E-state index contributed by atoms with van der Waals surface area (Å²) < 4.78 is 5.51. The first-order valence-corrected chi connectivity index (χ1v) is 6.41. The molecule has 4 heteroatoms. The molecular formula is C14H19NO3. The van der Waals surface area contributed by atoms with Gasteiger partial charge in [0.2, 0.25) is 0 Å². The molecular weight excluding hydrogens is 230 g/mol. The van der Waals surface area contributed by atoms with E-state index in [1.54, 1.807) is 17.0 Å². The number of amides is 1. The number of hydrogen-bond acceptors (Lipinski definition) is 3. The van der Waals surface area contributed by atoms with Crippen molar-refractivity contribution in [2.24, 2.45) is 0 Å². The van der Waals surface area contributed by atoms with E-state index in [4.69, 9.17) is 4.74 Å². The number of nitrogens with zero attached hydrogens (tertiary/aromatic N) is 1. The number of rotatable bonds is 4. The van der Waals surface area contributed by atoms with Crippen molar-refractivity contribution in [3.8, 4) is 5.75 Å². The fourth-order valence-corrected chi connectivity index (χ4v) is 2.05. The van der Waals surface area contributed by atoms with Gasteiger partial charge in [-0.1, -0.05) is 13.0 Å². The van der Waals surface area contributed by atoms with Gasteiger partial charge in [0.15, 0.2) is 0 Å². The summed E-state index contributed by atoms with van der Waals surface area (Å²) in [4.78, 5) is 13.9. The van der Waals surface area contributed by atoms with Crippen LogP contribution in [0.3, 0.4) is 0 Å². The predicted molar refractivity (Wildman–Crippen MR) is 68.8 cm³/mol. The Morgan fingerprint density at radius 1 is 1.56 bits per heavy atom. The third-order valence-electron chi connectivity index (χ3n) is 3.00. The molecule has 0 aromatic heterocycles. The first-order valence-electron chi connectivity index (χ1n) is 6.41. The highest BCUT2D eigenvalue weighted by Crippen LogP contribution is 2.18. The lowest BCUT2D eigenvalue weighted by Gasteiger charge is -2.16. The number of carbonyl (C=O) groups excluding carboxylic acids is 1. The molecule has 1 aliphatic heterocycles. The molecule has 1 heterocycles. The van der Waals surface area contributed by atoms with Crippen LogP contribution in [0, 0.1) is 0 Å². The summed E-state index contributed by atoms with van der Waals surface area (Å²) in [7, 11) is 0. The summed E-state index contributed by atoms with van der Waals surface area (Å²) in [6, 6.07) is 7.23. The number of benzene rings is 1. The average Bonchev–Trinajstić information content (AvgIpc) is 2.82. The Hall–Kier alpha value is -1.55. The molecule has 1 aromatic rings. The molecule has 4 nitrogen and oxygen atoms in total. The van der Waals surface area contributed by atoms with E-state index >= 15 is 0 Å². The van der Waals surface area contributed by atoms with Crippen molar-refractivity contribution < 1.29 is 14.6 Å². The third kappa shape index (κ3) is 3.01. The maximum Gasteiger partial charge on any atom is 0.254 e. The summed E-state index contributed by atoms with van der Waals surface area (Å²) >= 11 is 0. The van der Waals surface area contributed by atoms with E-state index in [0.717, 1.165) is 12.2 Å². The van der Waals surface area contributed by atoms with Gasteiger partial charge in [0.25, 0.3) is 5.91 Å². The van der Waals surface area contributed by atoms with Crippen LogP contribution in [0.25, 0.3) is 0 Å². The second-order valence-corrected chi connectivity index (χ2v) is 4.57.